The number of guanidine groups is 1. The molecule has 0 aromatic carbocycles. The predicted molar refractivity (Wildman–Crippen MR) is 237 cm³/mol. The van der Waals surface area contributed by atoms with E-state index in [9.17, 15) is 47.9 Å². The number of amides is 9. The summed E-state index contributed by atoms with van der Waals surface area (Å²) in [5.74, 6) is -9.27. The van der Waals surface area contributed by atoms with E-state index < -0.39 is 115 Å². The van der Waals surface area contributed by atoms with Crippen LogP contribution in [0.4, 0.5) is 0 Å². The average molecular weight is 944 g/mol. The number of H-pyrrole nitrogens is 1. The predicted octanol–water partition coefficient (Wildman–Crippen LogP) is -6.25. The third-order valence-corrected chi connectivity index (χ3v) is 9.57. The van der Waals surface area contributed by atoms with Gasteiger partial charge in [0.1, 0.15) is 36.3 Å². The molecule has 0 radical (unpaired) electrons. The summed E-state index contributed by atoms with van der Waals surface area (Å²) >= 11 is 7.85. The minimum Gasteiger partial charge on any atom is -0.480 e. The van der Waals surface area contributed by atoms with Crippen molar-refractivity contribution in [3.63, 3.8) is 0 Å². The van der Waals surface area contributed by atoms with Crippen molar-refractivity contribution in [1.29, 1.82) is 0 Å². The fourth-order valence-corrected chi connectivity index (χ4v) is 5.84. The Kier molecular flexibility index (Phi) is 25.5. The van der Waals surface area contributed by atoms with E-state index in [0.29, 0.717) is 5.69 Å². The van der Waals surface area contributed by atoms with Gasteiger partial charge in [0.25, 0.3) is 0 Å². The smallest absolute Gasteiger partial charge is 0.327 e. The fourth-order valence-electron chi connectivity index (χ4n) is 5.42. The van der Waals surface area contributed by atoms with E-state index in [1.165, 1.54) is 19.4 Å². The maximum atomic E-state index is 13.5. The number of imidazole rings is 1. The van der Waals surface area contributed by atoms with E-state index in [1.807, 2.05) is 0 Å². The van der Waals surface area contributed by atoms with Crippen LogP contribution < -0.4 is 65.5 Å². The van der Waals surface area contributed by atoms with Gasteiger partial charge in [0.15, 0.2) is 5.96 Å². The van der Waals surface area contributed by atoms with Gasteiger partial charge < -0.3 is 75.6 Å². The number of thiol groups is 2. The molecule has 7 atom stereocenters. The van der Waals surface area contributed by atoms with Crippen LogP contribution in [0.1, 0.15) is 58.6 Å². The molecule has 0 aliphatic rings. The number of carboxylic acids is 1. The number of carboxylic acid groups (broad SMARTS) is 1. The highest BCUT2D eigenvalue weighted by Crippen LogP contribution is 2.08. The lowest BCUT2D eigenvalue weighted by Crippen LogP contribution is -2.58. The zero-order valence-corrected chi connectivity index (χ0v) is 37.5. The topological polar surface area (TPSA) is 432 Å². The van der Waals surface area contributed by atoms with Crippen LogP contribution in [0.15, 0.2) is 17.5 Å². The number of hydrogen-bond acceptors (Lipinski definition) is 15. The second-order valence-electron chi connectivity index (χ2n) is 14.8. The van der Waals surface area contributed by atoms with Crippen molar-refractivity contribution in [2.75, 3.05) is 31.1 Å². The number of nitrogens with one attached hydrogen (secondary N) is 9. The molecular weight excluding hydrogens is 883 g/mol. The van der Waals surface area contributed by atoms with Crippen LogP contribution in [0.25, 0.3) is 0 Å². The number of aromatic amines is 1. The zero-order valence-electron chi connectivity index (χ0n) is 35.7. The lowest BCUT2D eigenvalue weighted by Gasteiger charge is -2.25. The maximum absolute atomic E-state index is 13.5. The standard InChI is InChI=1S/C36H61N15O11S2/c1-17(2)9-23(51-34(60)22(6-7-26(38)52)49-30(56)20(37)14-63)31(57)43-12-27(53)47-21(5-4-8-42-36(39)40)33(59)46-18(3)29(55)50-24(10-19-11-41-16-45-19)32(58)44-13-28(54)48-25(15-64)35(61)62/h11,16-18,20-25,63-64H,4-10,12-15,37H2,1-3H3,(H2,38,52)(H,41,45)(H,43,57)(H,44,58)(H,46,59)(H,47,53)(H,48,54)(H,49,56)(H,50,55)(H,51,60)(H,61,62)(H4,39,40,42)/t18-,20-,21-,22-,23-,24-,25-/m0/s1. The molecule has 1 aromatic heterocycles. The average Bonchev–Trinajstić information content (AvgIpc) is 3.75. The van der Waals surface area contributed by atoms with Gasteiger partial charge in [-0.05, 0) is 38.5 Å². The van der Waals surface area contributed by atoms with Gasteiger partial charge in [-0.1, -0.05) is 13.8 Å². The number of aromatic nitrogens is 2. The molecule has 358 valence electrons. The first kappa shape index (κ1) is 55.9. The Balaban J connectivity index is 3.10. The van der Waals surface area contributed by atoms with Gasteiger partial charge in [0, 0.05) is 42.8 Å². The Bertz CT molecular complexity index is 1800. The number of aliphatic imine (C=N–C) groups is 1. The van der Waals surface area contributed by atoms with Gasteiger partial charge in [-0.15, -0.1) is 0 Å². The normalized spacial score (nSPS) is 14.1. The van der Waals surface area contributed by atoms with Crippen molar-refractivity contribution in [3.05, 3.63) is 18.2 Å². The van der Waals surface area contributed by atoms with Crippen molar-refractivity contribution < 1.29 is 53.1 Å². The number of carbonyl (C=O) groups excluding carboxylic acids is 9. The van der Waals surface area contributed by atoms with Crippen LogP contribution in [0, 0.1) is 5.92 Å². The van der Waals surface area contributed by atoms with Gasteiger partial charge in [-0.3, -0.25) is 48.1 Å². The molecular formula is C36H61N15O11S2. The Morgan fingerprint density at radius 3 is 1.77 bits per heavy atom. The molecule has 0 aliphatic heterocycles. The second kappa shape index (κ2) is 29.3. The summed E-state index contributed by atoms with van der Waals surface area (Å²) in [6, 6.07) is -8.85. The number of aliphatic carboxylic acids is 1. The van der Waals surface area contributed by atoms with E-state index in [-0.39, 0.29) is 68.5 Å². The van der Waals surface area contributed by atoms with Gasteiger partial charge >= 0.3 is 5.97 Å². The number of nitrogens with two attached hydrogens (primary N) is 4. The fraction of sp³-hybridized carbons (Fsp3) is 0.611. The van der Waals surface area contributed by atoms with E-state index >= 15 is 0 Å². The highest BCUT2D eigenvalue weighted by atomic mass is 32.1. The molecule has 0 aliphatic carbocycles. The van der Waals surface area contributed by atoms with Crippen LogP contribution in [0.3, 0.4) is 0 Å². The van der Waals surface area contributed by atoms with Crippen LogP contribution in [-0.4, -0.2) is 154 Å². The SMILES string of the molecule is CC(C)C[C@H](NC(=O)[C@H](CCC(N)=O)NC(=O)[C@@H](N)CS)C(=O)NCC(=O)N[C@@H](CCCN=C(N)N)C(=O)N[C@@H](C)C(=O)N[C@@H](Cc1cnc[nH]1)C(=O)NCC(=O)N[C@@H](CS)C(=O)O. The molecule has 0 unspecified atom stereocenters. The lowest BCUT2D eigenvalue weighted by molar-refractivity contribution is -0.141. The van der Waals surface area contributed by atoms with E-state index in [4.69, 9.17) is 28.0 Å². The number of hydrogen-bond donors (Lipinski definition) is 16. The zero-order chi connectivity index (χ0) is 48.5. The number of nitrogens with zero attached hydrogens (tertiary/aromatic N) is 2. The van der Waals surface area contributed by atoms with Crippen LogP contribution >= 0.6 is 25.3 Å². The van der Waals surface area contributed by atoms with Crippen LogP contribution in [-0.2, 0) is 54.4 Å². The summed E-state index contributed by atoms with van der Waals surface area (Å²) in [7, 11) is 0. The van der Waals surface area contributed by atoms with E-state index in [0.717, 1.165) is 0 Å². The molecule has 1 heterocycles. The number of primary amides is 1. The van der Waals surface area contributed by atoms with Gasteiger partial charge in [0.2, 0.25) is 53.2 Å². The monoisotopic (exact) mass is 943 g/mol. The van der Waals surface area contributed by atoms with Gasteiger partial charge in [-0.2, -0.15) is 25.3 Å². The molecule has 0 spiro atoms. The highest BCUT2D eigenvalue weighted by molar-refractivity contribution is 7.80. The van der Waals surface area contributed by atoms with Crippen molar-refractivity contribution in [3.8, 4) is 0 Å². The first-order valence-electron chi connectivity index (χ1n) is 19.9. The second-order valence-corrected chi connectivity index (χ2v) is 15.5. The molecule has 28 heteroatoms. The lowest BCUT2D eigenvalue weighted by atomic mass is 10.0. The maximum Gasteiger partial charge on any atom is 0.327 e. The van der Waals surface area contributed by atoms with Crippen molar-refractivity contribution in [2.24, 2.45) is 33.8 Å². The number of carbonyl (C=O) groups is 10. The molecule has 18 N–H and O–H groups in total. The molecule has 64 heavy (non-hydrogen) atoms. The molecule has 0 saturated carbocycles. The first-order chi connectivity index (χ1) is 30.1. The quantitative estimate of drug-likeness (QED) is 0.0148. The Morgan fingerprint density at radius 1 is 0.703 bits per heavy atom. The molecule has 26 nitrogen and oxygen atoms in total. The summed E-state index contributed by atoms with van der Waals surface area (Å²) in [6.45, 7) is 3.58. The largest absolute Gasteiger partial charge is 0.480 e. The van der Waals surface area contributed by atoms with E-state index in [1.54, 1.807) is 13.8 Å². The van der Waals surface area contributed by atoms with Gasteiger partial charge in [-0.25, -0.2) is 9.78 Å². The summed E-state index contributed by atoms with van der Waals surface area (Å²) in [5, 5.41) is 28.5. The molecule has 0 saturated heterocycles. The van der Waals surface area contributed by atoms with Gasteiger partial charge in [0.05, 0.1) is 25.5 Å². The summed E-state index contributed by atoms with van der Waals surface area (Å²) < 4.78 is 0. The first-order valence-corrected chi connectivity index (χ1v) is 21.2. The summed E-state index contributed by atoms with van der Waals surface area (Å²) in [6.07, 6.45) is 2.31. The van der Waals surface area contributed by atoms with Crippen LogP contribution in [0.5, 0.6) is 0 Å². The Morgan fingerprint density at radius 2 is 1.25 bits per heavy atom. The summed E-state index contributed by atoms with van der Waals surface area (Å²) in [5.41, 5.74) is 22.2. The molecule has 0 bridgehead atoms. The molecule has 9 amide bonds. The third kappa shape index (κ3) is 22.3. The van der Waals surface area contributed by atoms with E-state index in [2.05, 4.69) is 82.8 Å². The number of rotatable bonds is 30. The minimum absolute atomic E-state index is 0.0421. The molecule has 1 aromatic rings. The Hall–Kier alpha value is -6.16. The molecule has 0 fully saturated rings. The molecule has 1 rings (SSSR count). The third-order valence-electron chi connectivity index (χ3n) is 8.81. The van der Waals surface area contributed by atoms with Crippen molar-refractivity contribution in [2.45, 2.75) is 102 Å². The minimum atomic E-state index is -1.34. The highest BCUT2D eigenvalue weighted by Gasteiger charge is 2.31. The van der Waals surface area contributed by atoms with Crippen molar-refractivity contribution >= 4 is 90.4 Å². The van der Waals surface area contributed by atoms with Crippen molar-refractivity contribution in [1.82, 2.24) is 52.5 Å². The summed E-state index contributed by atoms with van der Waals surface area (Å²) in [4.78, 5) is 138. The Labute approximate surface area is 379 Å². The van der Waals surface area contributed by atoms with Crippen LogP contribution in [0.2, 0.25) is 0 Å².